The van der Waals surface area contributed by atoms with Crippen LogP contribution in [0.5, 0.6) is 0 Å². The van der Waals surface area contributed by atoms with E-state index in [0.29, 0.717) is 10.3 Å². The zero-order chi connectivity index (χ0) is 17.3. The smallest absolute Gasteiger partial charge is 0.292 e. The molecular formula is C16H11F3N2OS2. The van der Waals surface area contributed by atoms with E-state index < -0.39 is 12.0 Å². The number of hydrogen-bond acceptors (Lipinski definition) is 5. The topological polar surface area (TPSA) is 42.9 Å². The molecule has 0 amide bonds. The summed E-state index contributed by atoms with van der Waals surface area (Å²) in [5, 5.41) is 0.667. The van der Waals surface area contributed by atoms with E-state index in [4.69, 9.17) is 0 Å². The molecule has 0 saturated heterocycles. The van der Waals surface area contributed by atoms with Crippen LogP contribution in [0.25, 0.3) is 10.9 Å². The zero-order valence-electron chi connectivity index (χ0n) is 12.4. The Labute approximate surface area is 143 Å². The normalized spacial score (nSPS) is 11.8. The number of carbonyl (C=O) groups excluding carboxylic acids is 1. The molecule has 0 N–H and O–H groups in total. The van der Waals surface area contributed by atoms with Crippen LogP contribution in [-0.2, 0) is 6.18 Å². The minimum atomic E-state index is -4.63. The first kappa shape index (κ1) is 16.9. The molecule has 0 fully saturated rings. The predicted octanol–water partition coefficient (Wildman–Crippen LogP) is 4.99. The van der Waals surface area contributed by atoms with Gasteiger partial charge >= 0.3 is 6.18 Å². The molecule has 3 rings (SSSR count). The minimum Gasteiger partial charge on any atom is -0.292 e. The third kappa shape index (κ3) is 3.59. The average molecular weight is 368 g/mol. The maximum Gasteiger partial charge on any atom is 0.451 e. The van der Waals surface area contributed by atoms with Crippen molar-refractivity contribution in [2.75, 3.05) is 5.75 Å². The van der Waals surface area contributed by atoms with Crippen LogP contribution >= 0.6 is 23.1 Å². The van der Waals surface area contributed by atoms with Crippen molar-refractivity contribution in [3.05, 3.63) is 52.0 Å². The second-order valence-electron chi connectivity index (χ2n) is 4.99. The maximum absolute atomic E-state index is 13.0. The van der Waals surface area contributed by atoms with Crippen molar-refractivity contribution >= 4 is 39.8 Å². The number of alkyl halides is 3. The Morgan fingerprint density at radius 3 is 2.58 bits per heavy atom. The average Bonchev–Trinajstić information content (AvgIpc) is 2.97. The van der Waals surface area contributed by atoms with E-state index in [1.54, 1.807) is 24.3 Å². The Morgan fingerprint density at radius 1 is 1.17 bits per heavy atom. The molecule has 2 aromatic heterocycles. The highest BCUT2D eigenvalue weighted by Crippen LogP contribution is 2.32. The standard InChI is InChI=1S/C16H11F3N2OS2/c1-9-6-7-13(24-9)12(22)8-23-14-10-4-2-3-5-11(10)20-15(21-14)16(17,18)19/h2-7H,8H2,1H3. The first-order valence-corrected chi connectivity index (χ1v) is 8.71. The predicted molar refractivity (Wildman–Crippen MR) is 88.7 cm³/mol. The molecule has 0 saturated carbocycles. The van der Waals surface area contributed by atoms with Crippen LogP contribution in [0.2, 0.25) is 0 Å². The van der Waals surface area contributed by atoms with Gasteiger partial charge in [-0.3, -0.25) is 4.79 Å². The van der Waals surface area contributed by atoms with E-state index in [1.807, 2.05) is 13.0 Å². The van der Waals surface area contributed by atoms with Gasteiger partial charge in [-0.1, -0.05) is 30.0 Å². The van der Waals surface area contributed by atoms with Crippen molar-refractivity contribution in [2.24, 2.45) is 0 Å². The lowest BCUT2D eigenvalue weighted by molar-refractivity contribution is -0.145. The number of carbonyl (C=O) groups is 1. The Balaban J connectivity index is 1.91. The van der Waals surface area contributed by atoms with Crippen LogP contribution in [0.4, 0.5) is 13.2 Å². The largest absolute Gasteiger partial charge is 0.451 e. The van der Waals surface area contributed by atoms with Crippen LogP contribution in [0.15, 0.2) is 41.4 Å². The number of fused-ring (bicyclic) bond motifs is 1. The highest BCUT2D eigenvalue weighted by Gasteiger charge is 2.35. The lowest BCUT2D eigenvalue weighted by Crippen LogP contribution is -2.12. The van der Waals surface area contributed by atoms with E-state index in [2.05, 4.69) is 9.97 Å². The fraction of sp³-hybridized carbons (Fsp3) is 0.188. The van der Waals surface area contributed by atoms with Crippen LogP contribution in [-0.4, -0.2) is 21.5 Å². The van der Waals surface area contributed by atoms with Gasteiger partial charge in [-0.25, -0.2) is 9.97 Å². The summed E-state index contributed by atoms with van der Waals surface area (Å²) < 4.78 is 38.9. The highest BCUT2D eigenvalue weighted by molar-refractivity contribution is 8.00. The molecule has 0 aliphatic carbocycles. The lowest BCUT2D eigenvalue weighted by atomic mass is 10.2. The summed E-state index contributed by atoms with van der Waals surface area (Å²) in [5.74, 6) is -1.30. The molecule has 0 aliphatic rings. The first-order chi connectivity index (χ1) is 11.3. The third-order valence-corrected chi connectivity index (χ3v) is 5.21. The van der Waals surface area contributed by atoms with Crippen molar-refractivity contribution in [2.45, 2.75) is 18.1 Å². The van der Waals surface area contributed by atoms with Gasteiger partial charge in [-0.05, 0) is 25.1 Å². The lowest BCUT2D eigenvalue weighted by Gasteiger charge is -2.09. The van der Waals surface area contributed by atoms with Crippen molar-refractivity contribution in [1.82, 2.24) is 9.97 Å². The maximum atomic E-state index is 13.0. The number of nitrogens with zero attached hydrogens (tertiary/aromatic N) is 2. The number of ketones is 1. The summed E-state index contributed by atoms with van der Waals surface area (Å²) in [4.78, 5) is 21.0. The van der Waals surface area contributed by atoms with Gasteiger partial charge in [0.2, 0.25) is 5.82 Å². The number of thiophene rings is 1. The fourth-order valence-corrected chi connectivity index (χ4v) is 3.87. The van der Waals surface area contributed by atoms with E-state index in [0.717, 1.165) is 16.6 Å². The molecule has 0 unspecified atom stereocenters. The molecule has 1 aromatic carbocycles. The van der Waals surface area contributed by atoms with Crippen LogP contribution < -0.4 is 0 Å². The highest BCUT2D eigenvalue weighted by atomic mass is 32.2. The molecular weight excluding hydrogens is 357 g/mol. The molecule has 0 atom stereocenters. The zero-order valence-corrected chi connectivity index (χ0v) is 14.1. The van der Waals surface area contributed by atoms with Crippen molar-refractivity contribution < 1.29 is 18.0 Å². The van der Waals surface area contributed by atoms with E-state index in [-0.39, 0.29) is 22.1 Å². The molecule has 0 radical (unpaired) electrons. The number of halogens is 3. The van der Waals surface area contributed by atoms with Crippen molar-refractivity contribution in [3.8, 4) is 0 Å². The van der Waals surface area contributed by atoms with Gasteiger partial charge in [0.05, 0.1) is 16.1 Å². The Bertz CT molecular complexity index is 906. The summed E-state index contributed by atoms with van der Waals surface area (Å²) in [6, 6.07) is 10.0. The molecule has 8 heteroatoms. The molecule has 3 nitrogen and oxygen atoms in total. The monoisotopic (exact) mass is 368 g/mol. The van der Waals surface area contributed by atoms with Gasteiger partial charge in [0.15, 0.2) is 5.78 Å². The number of thioether (sulfide) groups is 1. The molecule has 0 aliphatic heterocycles. The number of aryl methyl sites for hydroxylation is 1. The number of hydrogen-bond donors (Lipinski definition) is 0. The SMILES string of the molecule is Cc1ccc(C(=O)CSc2nc(C(F)(F)F)nc3ccccc23)s1. The fourth-order valence-electron chi connectivity index (χ4n) is 2.07. The Kier molecular flexibility index (Phi) is 4.60. The number of rotatable bonds is 4. The van der Waals surface area contributed by atoms with Gasteiger partial charge < -0.3 is 0 Å². The van der Waals surface area contributed by atoms with Gasteiger partial charge in [0.25, 0.3) is 0 Å². The van der Waals surface area contributed by atoms with Gasteiger partial charge in [-0.15, -0.1) is 11.3 Å². The van der Waals surface area contributed by atoms with Crippen LogP contribution in [0.3, 0.4) is 0 Å². The van der Waals surface area contributed by atoms with E-state index in [1.165, 1.54) is 17.4 Å². The summed E-state index contributed by atoms with van der Waals surface area (Å²) in [5.41, 5.74) is 0.210. The van der Waals surface area contributed by atoms with E-state index >= 15 is 0 Å². The summed E-state index contributed by atoms with van der Waals surface area (Å²) in [6.07, 6.45) is -4.63. The van der Waals surface area contributed by atoms with Gasteiger partial charge in [-0.2, -0.15) is 13.2 Å². The summed E-state index contributed by atoms with van der Waals surface area (Å²) in [7, 11) is 0. The Hall–Kier alpha value is -1.93. The minimum absolute atomic E-state index is 0.0260. The number of benzene rings is 1. The molecule has 3 aromatic rings. The van der Waals surface area contributed by atoms with Crippen molar-refractivity contribution in [3.63, 3.8) is 0 Å². The second kappa shape index (κ2) is 6.52. The van der Waals surface area contributed by atoms with Crippen LogP contribution in [0.1, 0.15) is 20.4 Å². The van der Waals surface area contributed by atoms with Gasteiger partial charge in [0, 0.05) is 10.3 Å². The Morgan fingerprint density at radius 2 is 1.92 bits per heavy atom. The summed E-state index contributed by atoms with van der Waals surface area (Å²) in [6.45, 7) is 1.89. The van der Waals surface area contributed by atoms with Crippen LogP contribution in [0, 0.1) is 6.92 Å². The third-order valence-electron chi connectivity index (χ3n) is 3.18. The second-order valence-corrected chi connectivity index (χ2v) is 7.24. The number of Topliss-reactive ketones (excluding diaryl/α,β-unsaturated/α-hetero) is 1. The quantitative estimate of drug-likeness (QED) is 0.369. The molecule has 24 heavy (non-hydrogen) atoms. The number of para-hydroxylation sites is 1. The molecule has 0 bridgehead atoms. The molecule has 0 spiro atoms. The van der Waals surface area contributed by atoms with Gasteiger partial charge in [0.1, 0.15) is 5.03 Å². The number of aromatic nitrogens is 2. The van der Waals surface area contributed by atoms with Crippen molar-refractivity contribution in [1.29, 1.82) is 0 Å². The molecule has 124 valence electrons. The van der Waals surface area contributed by atoms with E-state index in [9.17, 15) is 18.0 Å². The summed E-state index contributed by atoms with van der Waals surface area (Å²) >= 11 is 2.36. The molecule has 2 heterocycles. The first-order valence-electron chi connectivity index (χ1n) is 6.91.